The average Bonchev–Trinajstić information content (AvgIpc) is 3.13. The van der Waals surface area contributed by atoms with Crippen LogP contribution >= 0.6 is 27.3 Å². The molecule has 3 N–H and O–H groups in total. The molecule has 2 rings (SSSR count). The zero-order chi connectivity index (χ0) is 24.1. The molecule has 11 nitrogen and oxygen atoms in total. The smallest absolute Gasteiger partial charge is 0.348 e. The van der Waals surface area contributed by atoms with Crippen LogP contribution in [0.2, 0.25) is 0 Å². The molecular weight excluding hydrogens is 530 g/mol. The van der Waals surface area contributed by atoms with E-state index < -0.39 is 44.5 Å². The Bertz CT molecular complexity index is 1160. The topological polar surface area (TPSA) is 157 Å². The Balaban J connectivity index is 2.11. The van der Waals surface area contributed by atoms with Gasteiger partial charge in [0.05, 0.1) is 26.3 Å². The van der Waals surface area contributed by atoms with Crippen molar-refractivity contribution in [2.75, 3.05) is 20.8 Å². The van der Waals surface area contributed by atoms with Gasteiger partial charge in [0.1, 0.15) is 4.88 Å². The highest BCUT2D eigenvalue weighted by atomic mass is 79.9. The third-order valence-corrected chi connectivity index (χ3v) is 7.68. The fourth-order valence-corrected chi connectivity index (χ4v) is 5.41. The lowest BCUT2D eigenvalue weighted by molar-refractivity contribution is -0.120. The summed E-state index contributed by atoms with van der Waals surface area (Å²) >= 11 is 3.74. The van der Waals surface area contributed by atoms with E-state index in [1.54, 1.807) is 12.1 Å². The molecule has 1 heterocycles. The second-order valence-corrected chi connectivity index (χ2v) is 9.93. The lowest BCUT2D eigenvalue weighted by Crippen LogP contribution is -2.46. The zero-order valence-electron chi connectivity index (χ0n) is 17.0. The minimum Gasteiger partial charge on any atom is -0.465 e. The number of methoxy groups -OCH3 is 2. The summed E-state index contributed by atoms with van der Waals surface area (Å²) in [5.74, 6) is -3.29. The Hall–Kier alpha value is -2.81. The van der Waals surface area contributed by atoms with Crippen molar-refractivity contribution >= 4 is 61.0 Å². The van der Waals surface area contributed by atoms with Gasteiger partial charge in [0.15, 0.2) is 4.21 Å². The van der Waals surface area contributed by atoms with Crippen LogP contribution in [-0.4, -0.2) is 52.9 Å². The van der Waals surface area contributed by atoms with E-state index in [1.165, 1.54) is 19.1 Å². The van der Waals surface area contributed by atoms with Crippen LogP contribution in [0.1, 0.15) is 36.0 Å². The zero-order valence-corrected chi connectivity index (χ0v) is 20.2. The second-order valence-electron chi connectivity index (χ2n) is 6.04. The Morgan fingerprint density at radius 2 is 1.59 bits per heavy atom. The van der Waals surface area contributed by atoms with Crippen molar-refractivity contribution in [2.24, 2.45) is 0 Å². The lowest BCUT2D eigenvalue weighted by atomic mass is 10.2. The van der Waals surface area contributed by atoms with Crippen molar-refractivity contribution in [1.29, 1.82) is 0 Å². The van der Waals surface area contributed by atoms with E-state index in [9.17, 15) is 27.6 Å². The van der Waals surface area contributed by atoms with Crippen LogP contribution < -0.4 is 15.6 Å². The highest BCUT2D eigenvalue weighted by Gasteiger charge is 2.32. The van der Waals surface area contributed by atoms with Crippen molar-refractivity contribution in [2.45, 2.75) is 11.1 Å². The molecule has 0 bridgehead atoms. The van der Waals surface area contributed by atoms with E-state index in [1.807, 2.05) is 4.72 Å². The number of esters is 2. The maximum atomic E-state index is 12.7. The van der Waals surface area contributed by atoms with E-state index in [-0.39, 0.29) is 21.6 Å². The maximum absolute atomic E-state index is 12.7. The summed E-state index contributed by atoms with van der Waals surface area (Å²) in [7, 11) is -2.23. The van der Waals surface area contributed by atoms with Gasteiger partial charge >= 0.3 is 11.9 Å². The number of hydrazine groups is 1. The second kappa shape index (κ2) is 10.7. The standard InChI is InChI=1S/C18H18BrN3O8S2/c1-9-13(16(25)29-2)18(31-14(9)17(26)30-3)32(27,28)20-8-12(23)21-22-15(24)10-4-6-11(19)7-5-10/h4-7,20H,8H2,1-3H3,(H,21,23)(H,22,24). The minimum atomic E-state index is -4.40. The van der Waals surface area contributed by atoms with Crippen molar-refractivity contribution in [3.63, 3.8) is 0 Å². The summed E-state index contributed by atoms with van der Waals surface area (Å²) in [6.45, 7) is 0.618. The Morgan fingerprint density at radius 3 is 2.16 bits per heavy atom. The van der Waals surface area contributed by atoms with Crippen LogP contribution in [0.5, 0.6) is 0 Å². The quantitative estimate of drug-likeness (QED) is 0.344. The number of carbonyl (C=O) groups excluding carboxylic acids is 4. The molecule has 2 amide bonds. The summed E-state index contributed by atoms with van der Waals surface area (Å²) in [4.78, 5) is 47.9. The predicted molar refractivity (Wildman–Crippen MR) is 117 cm³/mol. The predicted octanol–water partition coefficient (Wildman–Crippen LogP) is 1.13. The summed E-state index contributed by atoms with van der Waals surface area (Å²) in [6.07, 6.45) is 0. The molecule has 0 saturated carbocycles. The number of amides is 2. The normalized spacial score (nSPS) is 10.9. The Kier molecular flexibility index (Phi) is 8.49. The molecule has 0 aliphatic carbocycles. The van der Waals surface area contributed by atoms with Gasteiger partial charge in [0.25, 0.3) is 21.8 Å². The molecule has 0 atom stereocenters. The molecular formula is C18H18BrN3O8S2. The fourth-order valence-electron chi connectivity index (χ4n) is 2.37. The summed E-state index contributed by atoms with van der Waals surface area (Å²) < 4.78 is 36.9. The van der Waals surface area contributed by atoms with Gasteiger partial charge < -0.3 is 9.47 Å². The lowest BCUT2D eigenvalue weighted by Gasteiger charge is -2.09. The minimum absolute atomic E-state index is 0.0697. The average molecular weight is 548 g/mol. The van der Waals surface area contributed by atoms with E-state index in [0.717, 1.165) is 18.7 Å². The van der Waals surface area contributed by atoms with Crippen LogP contribution in [-0.2, 0) is 24.3 Å². The number of thiophene rings is 1. The largest absolute Gasteiger partial charge is 0.465 e. The van der Waals surface area contributed by atoms with Crippen molar-refractivity contribution in [3.8, 4) is 0 Å². The molecule has 0 spiro atoms. The van der Waals surface area contributed by atoms with Gasteiger partial charge in [0, 0.05) is 10.0 Å². The number of halogens is 1. The Morgan fingerprint density at radius 1 is 1.00 bits per heavy atom. The summed E-state index contributed by atoms with van der Waals surface area (Å²) in [6, 6.07) is 6.30. The highest BCUT2D eigenvalue weighted by Crippen LogP contribution is 2.33. The molecule has 32 heavy (non-hydrogen) atoms. The van der Waals surface area contributed by atoms with Gasteiger partial charge in [-0.3, -0.25) is 20.4 Å². The number of carbonyl (C=O) groups is 4. The first-order valence-electron chi connectivity index (χ1n) is 8.66. The highest BCUT2D eigenvalue weighted by molar-refractivity contribution is 9.10. The van der Waals surface area contributed by atoms with Crippen LogP contribution in [0.15, 0.2) is 32.9 Å². The van der Waals surface area contributed by atoms with E-state index >= 15 is 0 Å². The number of hydrogen-bond acceptors (Lipinski definition) is 9. The SMILES string of the molecule is COC(=O)c1sc(S(=O)(=O)NCC(=O)NNC(=O)c2ccc(Br)cc2)c(C(=O)OC)c1C. The molecule has 0 radical (unpaired) electrons. The van der Waals surface area contributed by atoms with Gasteiger partial charge in [0.2, 0.25) is 0 Å². The molecule has 0 fully saturated rings. The first kappa shape index (κ1) is 25.5. The van der Waals surface area contributed by atoms with Crippen LogP contribution in [0.25, 0.3) is 0 Å². The van der Waals surface area contributed by atoms with Crippen LogP contribution in [0.3, 0.4) is 0 Å². The van der Waals surface area contributed by atoms with Crippen molar-refractivity contribution < 1.29 is 37.1 Å². The van der Waals surface area contributed by atoms with Gasteiger partial charge in [-0.2, -0.15) is 0 Å². The van der Waals surface area contributed by atoms with Gasteiger partial charge in [-0.25, -0.2) is 22.7 Å². The number of ether oxygens (including phenoxy) is 2. The summed E-state index contributed by atoms with van der Waals surface area (Å²) in [5.41, 5.74) is 4.22. The molecule has 0 unspecified atom stereocenters. The van der Waals surface area contributed by atoms with Crippen molar-refractivity contribution in [1.82, 2.24) is 15.6 Å². The number of hydrogen-bond donors (Lipinski definition) is 3. The number of sulfonamides is 1. The molecule has 172 valence electrons. The molecule has 0 saturated heterocycles. The Labute approximate surface area is 195 Å². The fraction of sp³-hybridized carbons (Fsp3) is 0.222. The van der Waals surface area contributed by atoms with Gasteiger partial charge in [-0.1, -0.05) is 15.9 Å². The third-order valence-electron chi connectivity index (χ3n) is 3.96. The molecule has 0 aliphatic rings. The van der Waals surface area contributed by atoms with E-state index in [4.69, 9.17) is 0 Å². The molecule has 2 aromatic rings. The van der Waals surface area contributed by atoms with Gasteiger partial charge in [-0.15, -0.1) is 11.3 Å². The van der Waals surface area contributed by atoms with Gasteiger partial charge in [-0.05, 0) is 36.8 Å². The number of nitrogens with one attached hydrogen (secondary N) is 3. The molecule has 14 heteroatoms. The maximum Gasteiger partial charge on any atom is 0.348 e. The van der Waals surface area contributed by atoms with E-state index in [2.05, 4.69) is 36.3 Å². The summed E-state index contributed by atoms with van der Waals surface area (Å²) in [5, 5.41) is 0. The number of benzene rings is 1. The first-order chi connectivity index (χ1) is 15.0. The number of rotatable bonds is 7. The van der Waals surface area contributed by atoms with E-state index in [0.29, 0.717) is 11.3 Å². The van der Waals surface area contributed by atoms with Crippen LogP contribution in [0.4, 0.5) is 0 Å². The van der Waals surface area contributed by atoms with Crippen LogP contribution in [0, 0.1) is 6.92 Å². The first-order valence-corrected chi connectivity index (χ1v) is 11.8. The molecule has 0 aliphatic heterocycles. The molecule has 1 aromatic heterocycles. The third kappa shape index (κ3) is 5.91. The van der Waals surface area contributed by atoms with Crippen molar-refractivity contribution in [3.05, 3.63) is 50.3 Å². The molecule has 1 aromatic carbocycles. The monoisotopic (exact) mass is 547 g/mol.